The summed E-state index contributed by atoms with van der Waals surface area (Å²) in [5.74, 6) is -1.22. The van der Waals surface area contributed by atoms with Crippen LogP contribution in [0.2, 0.25) is 5.02 Å². The van der Waals surface area contributed by atoms with Gasteiger partial charge in [0.05, 0.1) is 26.2 Å². The number of methoxy groups -OCH3 is 2. The number of ether oxygens (including phenoxy) is 3. The minimum atomic E-state index is -1.25. The van der Waals surface area contributed by atoms with Gasteiger partial charge in [-0.1, -0.05) is 37.6 Å². The van der Waals surface area contributed by atoms with Crippen molar-refractivity contribution in [2.24, 2.45) is 5.41 Å². The third-order valence-corrected chi connectivity index (χ3v) is 7.16. The Hall–Kier alpha value is -4.12. The molecule has 0 bridgehead atoms. The van der Waals surface area contributed by atoms with Gasteiger partial charge in [-0.25, -0.2) is 4.79 Å². The molecule has 1 heterocycles. The van der Waals surface area contributed by atoms with Crippen LogP contribution in [0.4, 0.5) is 11.4 Å². The zero-order valence-corrected chi connectivity index (χ0v) is 24.5. The lowest BCUT2D eigenvalue weighted by Gasteiger charge is -2.32. The number of para-hydroxylation sites is 1. The van der Waals surface area contributed by atoms with Crippen LogP contribution in [0.15, 0.2) is 60.7 Å². The third kappa shape index (κ3) is 6.67. The smallest absolute Gasteiger partial charge is 0.335 e. The highest BCUT2D eigenvalue weighted by molar-refractivity contribution is 6.30. The van der Waals surface area contributed by atoms with Crippen molar-refractivity contribution in [1.29, 1.82) is 0 Å². The molecule has 0 aromatic heterocycles. The molecule has 0 saturated heterocycles. The molecule has 3 aromatic rings. The fraction of sp³-hybridized carbons (Fsp3) is 0.323. The van der Waals surface area contributed by atoms with Gasteiger partial charge in [-0.2, -0.15) is 0 Å². The van der Waals surface area contributed by atoms with Crippen LogP contribution in [0.25, 0.3) is 0 Å². The van der Waals surface area contributed by atoms with Gasteiger partial charge in [0.25, 0.3) is 5.91 Å². The first-order valence-corrected chi connectivity index (χ1v) is 13.6. The lowest BCUT2D eigenvalue weighted by Crippen LogP contribution is -2.46. The van der Waals surface area contributed by atoms with E-state index in [1.807, 2.05) is 13.8 Å². The molecule has 4 rings (SSSR count). The second kappa shape index (κ2) is 12.8. The molecule has 42 heavy (non-hydrogen) atoms. The summed E-state index contributed by atoms with van der Waals surface area (Å²) in [6.07, 6.45) is -2.48. The lowest BCUT2D eigenvalue weighted by molar-refractivity contribution is -0.136. The summed E-state index contributed by atoms with van der Waals surface area (Å²) in [7, 11) is 3.01. The first-order valence-electron chi connectivity index (χ1n) is 13.2. The van der Waals surface area contributed by atoms with Crippen molar-refractivity contribution in [3.05, 3.63) is 82.4 Å². The Kier molecular flexibility index (Phi) is 9.40. The fourth-order valence-electron chi connectivity index (χ4n) is 4.78. The standard InChI is InChI=1S/C31H33ClN2O8/c1-31(2,17-35)16-34-23-13-10-19(32)14-22(23)27(21-6-5-7-24(40-3)28(21)41-4)42-25(29(34)37)15-26(36)33-20-11-8-18(9-12-20)30(38)39/h5-14,25,27,35H,15-17H2,1-4H3,(H,33,36)(H,38,39)/t25-,27-/m1/s1. The number of hydrogen-bond acceptors (Lipinski definition) is 7. The van der Waals surface area contributed by atoms with E-state index in [2.05, 4.69) is 5.32 Å². The molecule has 10 nitrogen and oxygen atoms in total. The second-order valence-corrected chi connectivity index (χ2v) is 11.1. The van der Waals surface area contributed by atoms with Gasteiger partial charge < -0.3 is 34.6 Å². The molecule has 0 radical (unpaired) electrons. The van der Waals surface area contributed by atoms with Crippen LogP contribution in [0.1, 0.15) is 47.9 Å². The van der Waals surface area contributed by atoms with Gasteiger partial charge in [-0.15, -0.1) is 0 Å². The molecule has 3 N–H and O–H groups in total. The number of carboxylic acid groups (broad SMARTS) is 1. The summed E-state index contributed by atoms with van der Waals surface area (Å²) in [6, 6.07) is 16.1. The molecule has 0 aliphatic carbocycles. The van der Waals surface area contributed by atoms with Crippen LogP contribution in [-0.4, -0.2) is 61.5 Å². The topological polar surface area (TPSA) is 135 Å². The van der Waals surface area contributed by atoms with Crippen LogP contribution < -0.4 is 19.7 Å². The number of fused-ring (bicyclic) bond motifs is 1. The van der Waals surface area contributed by atoms with Crippen molar-refractivity contribution in [2.45, 2.75) is 32.5 Å². The average Bonchev–Trinajstić information content (AvgIpc) is 3.07. The molecule has 0 fully saturated rings. The first kappa shape index (κ1) is 30.8. The zero-order chi connectivity index (χ0) is 30.6. The highest BCUT2D eigenvalue weighted by Gasteiger charge is 2.40. The van der Waals surface area contributed by atoms with Crippen LogP contribution in [0.3, 0.4) is 0 Å². The summed E-state index contributed by atoms with van der Waals surface area (Å²) in [4.78, 5) is 40.0. The van der Waals surface area contributed by atoms with Crippen LogP contribution in [0, 0.1) is 5.41 Å². The number of carbonyl (C=O) groups excluding carboxylic acids is 2. The van der Waals surface area contributed by atoms with Crippen LogP contribution >= 0.6 is 11.6 Å². The second-order valence-electron chi connectivity index (χ2n) is 10.7. The van der Waals surface area contributed by atoms with Crippen molar-refractivity contribution in [2.75, 3.05) is 37.6 Å². The highest BCUT2D eigenvalue weighted by Crippen LogP contribution is 2.45. The number of carbonyl (C=O) groups is 3. The number of aromatic carboxylic acids is 1. The molecular weight excluding hydrogens is 564 g/mol. The van der Waals surface area contributed by atoms with E-state index in [4.69, 9.17) is 30.9 Å². The molecule has 0 spiro atoms. The number of halogens is 1. The molecule has 0 unspecified atom stereocenters. The van der Waals surface area contributed by atoms with Gasteiger partial charge >= 0.3 is 5.97 Å². The Morgan fingerprint density at radius 1 is 1.05 bits per heavy atom. The molecule has 1 aliphatic rings. The normalized spacial score (nSPS) is 16.8. The van der Waals surface area contributed by atoms with Gasteiger partial charge in [0, 0.05) is 46.1 Å². The van der Waals surface area contributed by atoms with Crippen LogP contribution in [-0.2, 0) is 14.3 Å². The van der Waals surface area contributed by atoms with Crippen molar-refractivity contribution < 1.29 is 38.8 Å². The molecule has 11 heteroatoms. The maximum Gasteiger partial charge on any atom is 0.335 e. The molecule has 2 atom stereocenters. The van der Waals surface area contributed by atoms with E-state index in [0.29, 0.717) is 39.0 Å². The van der Waals surface area contributed by atoms with E-state index in [9.17, 15) is 19.5 Å². The van der Waals surface area contributed by atoms with Gasteiger partial charge in [0.15, 0.2) is 11.5 Å². The quantitative estimate of drug-likeness (QED) is 0.300. The predicted molar refractivity (Wildman–Crippen MR) is 158 cm³/mol. The number of aliphatic hydroxyl groups excluding tert-OH is 1. The van der Waals surface area contributed by atoms with Crippen molar-refractivity contribution in [3.63, 3.8) is 0 Å². The predicted octanol–water partition coefficient (Wildman–Crippen LogP) is 4.92. The molecule has 0 saturated carbocycles. The molecule has 1 aliphatic heterocycles. The van der Waals surface area contributed by atoms with E-state index in [-0.39, 0.29) is 25.1 Å². The first-order chi connectivity index (χ1) is 20.0. The van der Waals surface area contributed by atoms with Crippen molar-refractivity contribution in [1.82, 2.24) is 0 Å². The Morgan fingerprint density at radius 2 is 1.76 bits per heavy atom. The van der Waals surface area contributed by atoms with E-state index in [1.165, 1.54) is 43.4 Å². The summed E-state index contributed by atoms with van der Waals surface area (Å²) in [5, 5.41) is 22.3. The molecule has 222 valence electrons. The van der Waals surface area contributed by atoms with Crippen LogP contribution in [0.5, 0.6) is 11.5 Å². The number of carboxylic acids is 1. The third-order valence-electron chi connectivity index (χ3n) is 6.92. The fourth-order valence-corrected chi connectivity index (χ4v) is 4.96. The van der Waals surface area contributed by atoms with Gasteiger partial charge in [0.2, 0.25) is 5.91 Å². The number of rotatable bonds is 10. The summed E-state index contributed by atoms with van der Waals surface area (Å²) in [6.45, 7) is 3.60. The highest BCUT2D eigenvalue weighted by atomic mass is 35.5. The molecule has 2 amide bonds. The number of hydrogen-bond donors (Lipinski definition) is 3. The number of nitrogens with one attached hydrogen (secondary N) is 1. The van der Waals surface area contributed by atoms with Gasteiger partial charge in [-0.3, -0.25) is 9.59 Å². The Bertz CT molecular complexity index is 1470. The summed E-state index contributed by atoms with van der Waals surface area (Å²) < 4.78 is 17.7. The minimum Gasteiger partial charge on any atom is -0.493 e. The minimum absolute atomic E-state index is 0.0731. The molecule has 3 aromatic carbocycles. The maximum absolute atomic E-state index is 14.1. The number of nitrogens with zero attached hydrogens (tertiary/aromatic N) is 1. The molecular formula is C31H33ClN2O8. The zero-order valence-electron chi connectivity index (χ0n) is 23.7. The monoisotopic (exact) mass is 596 g/mol. The van der Waals surface area contributed by atoms with E-state index >= 15 is 0 Å². The summed E-state index contributed by atoms with van der Waals surface area (Å²) in [5.41, 5.74) is 1.41. The largest absolute Gasteiger partial charge is 0.493 e. The Labute approximate surface area is 248 Å². The number of amides is 2. The van der Waals surface area contributed by atoms with Crippen molar-refractivity contribution in [3.8, 4) is 11.5 Å². The average molecular weight is 597 g/mol. The number of benzene rings is 3. The van der Waals surface area contributed by atoms with Crippen molar-refractivity contribution >= 4 is 40.8 Å². The lowest BCUT2D eigenvalue weighted by atomic mass is 9.92. The number of anilines is 2. The maximum atomic E-state index is 14.1. The van der Waals surface area contributed by atoms with E-state index in [0.717, 1.165) is 0 Å². The summed E-state index contributed by atoms with van der Waals surface area (Å²) >= 11 is 6.45. The van der Waals surface area contributed by atoms with Gasteiger partial charge in [-0.05, 0) is 48.5 Å². The Balaban J connectivity index is 1.78. The van der Waals surface area contributed by atoms with E-state index in [1.54, 1.807) is 36.4 Å². The van der Waals surface area contributed by atoms with Gasteiger partial charge in [0.1, 0.15) is 12.2 Å². The number of aliphatic hydroxyl groups is 1. The SMILES string of the molecule is COc1cccc([C@H]2O[C@H](CC(=O)Nc3ccc(C(=O)O)cc3)C(=O)N(CC(C)(C)CO)c3ccc(Cl)cc32)c1OC. The Morgan fingerprint density at radius 3 is 2.38 bits per heavy atom. The van der Waals surface area contributed by atoms with E-state index < -0.39 is 35.4 Å².